The maximum atomic E-state index is 14.2. The molecule has 3 aromatic rings. The first-order chi connectivity index (χ1) is 11.2. The van der Waals surface area contributed by atoms with Crippen LogP contribution in [0.5, 0.6) is 5.75 Å². The van der Waals surface area contributed by atoms with E-state index in [1.54, 1.807) is 0 Å². The highest BCUT2D eigenvalue weighted by molar-refractivity contribution is 7.99. The Hall–Kier alpha value is -2.33. The van der Waals surface area contributed by atoms with Crippen LogP contribution in [0.15, 0.2) is 82.6 Å². The van der Waals surface area contributed by atoms with E-state index in [2.05, 4.69) is 0 Å². The second-order valence-electron chi connectivity index (χ2n) is 4.91. The predicted octanol–water partition coefficient (Wildman–Crippen LogP) is 5.70. The third kappa shape index (κ3) is 4.11. The first-order valence-electron chi connectivity index (χ1n) is 7.11. The summed E-state index contributed by atoms with van der Waals surface area (Å²) in [6.07, 6.45) is 0. The van der Waals surface area contributed by atoms with E-state index in [4.69, 9.17) is 4.74 Å². The van der Waals surface area contributed by atoms with Crippen molar-refractivity contribution in [2.24, 2.45) is 0 Å². The van der Waals surface area contributed by atoms with E-state index >= 15 is 0 Å². The van der Waals surface area contributed by atoms with Gasteiger partial charge >= 0.3 is 0 Å². The number of rotatable bonds is 5. The molecule has 116 valence electrons. The van der Waals surface area contributed by atoms with Gasteiger partial charge in [-0.05, 0) is 17.7 Å². The van der Waals surface area contributed by atoms with Gasteiger partial charge in [-0.2, -0.15) is 0 Å². The summed E-state index contributed by atoms with van der Waals surface area (Å²) in [6.45, 7) is 0.269. The molecule has 0 aliphatic carbocycles. The van der Waals surface area contributed by atoms with Crippen molar-refractivity contribution in [3.05, 3.63) is 90.0 Å². The van der Waals surface area contributed by atoms with E-state index in [1.807, 2.05) is 60.7 Å². The van der Waals surface area contributed by atoms with Crippen LogP contribution in [0.3, 0.4) is 0 Å². The zero-order chi connectivity index (χ0) is 16.1. The van der Waals surface area contributed by atoms with Gasteiger partial charge in [0, 0.05) is 17.0 Å². The minimum absolute atomic E-state index is 0.0248. The quantitative estimate of drug-likeness (QED) is 0.594. The summed E-state index contributed by atoms with van der Waals surface area (Å²) < 4.78 is 33.8. The lowest BCUT2D eigenvalue weighted by molar-refractivity contribution is 0.301. The topological polar surface area (TPSA) is 9.23 Å². The van der Waals surface area contributed by atoms with Gasteiger partial charge in [0.1, 0.15) is 24.0 Å². The molecule has 0 aliphatic heterocycles. The first kappa shape index (κ1) is 15.6. The molecule has 0 spiro atoms. The maximum absolute atomic E-state index is 14.2. The highest BCUT2D eigenvalue weighted by Crippen LogP contribution is 2.34. The molecule has 0 aromatic heterocycles. The lowest BCUT2D eigenvalue weighted by Gasteiger charge is -2.10. The van der Waals surface area contributed by atoms with Gasteiger partial charge in [-0.3, -0.25) is 0 Å². The van der Waals surface area contributed by atoms with Gasteiger partial charge in [-0.25, -0.2) is 8.78 Å². The zero-order valence-corrected chi connectivity index (χ0v) is 13.0. The number of halogens is 2. The van der Waals surface area contributed by atoms with E-state index < -0.39 is 11.6 Å². The number of hydrogen-bond donors (Lipinski definition) is 0. The molecule has 0 radical (unpaired) electrons. The molecule has 3 aromatic carbocycles. The Morgan fingerprint density at radius 1 is 0.783 bits per heavy atom. The molecule has 0 N–H and O–H groups in total. The number of benzene rings is 3. The van der Waals surface area contributed by atoms with Gasteiger partial charge in [0.25, 0.3) is 0 Å². The van der Waals surface area contributed by atoms with Crippen molar-refractivity contribution in [2.45, 2.75) is 16.4 Å². The molecule has 0 fully saturated rings. The molecule has 0 saturated carbocycles. The van der Waals surface area contributed by atoms with Crippen LogP contribution in [0, 0.1) is 11.6 Å². The summed E-state index contributed by atoms with van der Waals surface area (Å²) in [5.74, 6) is -1.06. The highest BCUT2D eigenvalue weighted by atomic mass is 32.2. The van der Waals surface area contributed by atoms with Crippen molar-refractivity contribution in [1.82, 2.24) is 0 Å². The minimum Gasteiger partial charge on any atom is -0.489 e. The second-order valence-corrected chi connectivity index (χ2v) is 5.99. The second kappa shape index (κ2) is 7.29. The summed E-state index contributed by atoms with van der Waals surface area (Å²) in [7, 11) is 0. The van der Waals surface area contributed by atoms with E-state index in [-0.39, 0.29) is 17.3 Å². The molecular formula is C19H14F2OS. The molecule has 0 aliphatic rings. The van der Waals surface area contributed by atoms with Gasteiger partial charge < -0.3 is 4.74 Å². The Labute approximate surface area is 137 Å². The Morgan fingerprint density at radius 2 is 1.35 bits per heavy atom. The van der Waals surface area contributed by atoms with E-state index in [0.717, 1.165) is 22.2 Å². The molecule has 0 bridgehead atoms. The van der Waals surface area contributed by atoms with Crippen molar-refractivity contribution in [3.63, 3.8) is 0 Å². The molecule has 1 nitrogen and oxygen atoms in total. The smallest absolute Gasteiger partial charge is 0.143 e. The largest absolute Gasteiger partial charge is 0.489 e. The molecule has 0 amide bonds. The SMILES string of the molecule is Fc1cc(OCc2ccccc2)cc(F)c1Sc1ccccc1. The third-order valence-corrected chi connectivity index (χ3v) is 4.29. The van der Waals surface area contributed by atoms with Crippen LogP contribution in [0.2, 0.25) is 0 Å². The molecule has 3 rings (SSSR count). The van der Waals surface area contributed by atoms with E-state index in [9.17, 15) is 8.78 Å². The Bertz CT molecular complexity index is 753. The molecule has 0 unspecified atom stereocenters. The van der Waals surface area contributed by atoms with Crippen LogP contribution in [-0.2, 0) is 6.61 Å². The Balaban J connectivity index is 1.75. The van der Waals surface area contributed by atoms with E-state index in [1.165, 1.54) is 12.1 Å². The highest BCUT2D eigenvalue weighted by Gasteiger charge is 2.13. The number of hydrogen-bond acceptors (Lipinski definition) is 2. The van der Waals surface area contributed by atoms with Crippen LogP contribution in [0.1, 0.15) is 5.56 Å². The molecule has 0 heterocycles. The van der Waals surface area contributed by atoms with Crippen molar-refractivity contribution in [2.75, 3.05) is 0 Å². The van der Waals surface area contributed by atoms with Crippen LogP contribution in [0.4, 0.5) is 8.78 Å². The summed E-state index contributed by atoms with van der Waals surface area (Å²) in [6, 6.07) is 21.0. The number of ether oxygens (including phenoxy) is 1. The van der Waals surface area contributed by atoms with Crippen LogP contribution in [-0.4, -0.2) is 0 Å². The molecule has 23 heavy (non-hydrogen) atoms. The minimum atomic E-state index is -0.623. The fraction of sp³-hybridized carbons (Fsp3) is 0.0526. The predicted molar refractivity (Wildman–Crippen MR) is 87.7 cm³/mol. The summed E-state index contributed by atoms with van der Waals surface area (Å²) in [5, 5.41) is 0. The molecule has 0 saturated heterocycles. The average Bonchev–Trinajstić information content (AvgIpc) is 2.58. The standard InChI is InChI=1S/C19H14F2OS/c20-17-11-15(22-13-14-7-3-1-4-8-14)12-18(21)19(17)23-16-9-5-2-6-10-16/h1-12H,13H2. The van der Waals surface area contributed by atoms with Crippen LogP contribution in [0.25, 0.3) is 0 Å². The Kier molecular flexibility index (Phi) is 4.93. The lowest BCUT2D eigenvalue weighted by Crippen LogP contribution is -1.97. The van der Waals surface area contributed by atoms with Gasteiger partial charge in [-0.1, -0.05) is 60.3 Å². The van der Waals surface area contributed by atoms with Crippen molar-refractivity contribution >= 4 is 11.8 Å². The maximum Gasteiger partial charge on any atom is 0.143 e. The van der Waals surface area contributed by atoms with Gasteiger partial charge in [-0.15, -0.1) is 0 Å². The van der Waals surface area contributed by atoms with Gasteiger partial charge in [0.05, 0.1) is 4.90 Å². The zero-order valence-electron chi connectivity index (χ0n) is 12.2. The fourth-order valence-corrected chi connectivity index (χ4v) is 2.91. The summed E-state index contributed by atoms with van der Waals surface area (Å²) in [4.78, 5) is 0.756. The summed E-state index contributed by atoms with van der Waals surface area (Å²) in [5.41, 5.74) is 0.941. The van der Waals surface area contributed by atoms with Gasteiger partial charge in [0.15, 0.2) is 0 Å². The monoisotopic (exact) mass is 328 g/mol. The Morgan fingerprint density at radius 3 is 1.96 bits per heavy atom. The van der Waals surface area contributed by atoms with E-state index in [0.29, 0.717) is 0 Å². The fourth-order valence-electron chi connectivity index (χ4n) is 2.06. The molecular weight excluding hydrogens is 314 g/mol. The van der Waals surface area contributed by atoms with Crippen LogP contribution >= 0.6 is 11.8 Å². The lowest BCUT2D eigenvalue weighted by atomic mass is 10.2. The van der Waals surface area contributed by atoms with Crippen molar-refractivity contribution in [1.29, 1.82) is 0 Å². The first-order valence-corrected chi connectivity index (χ1v) is 7.93. The van der Waals surface area contributed by atoms with Crippen molar-refractivity contribution in [3.8, 4) is 5.75 Å². The summed E-state index contributed by atoms with van der Waals surface area (Å²) >= 11 is 1.06. The third-order valence-electron chi connectivity index (χ3n) is 3.18. The van der Waals surface area contributed by atoms with Gasteiger partial charge in [0.2, 0.25) is 0 Å². The molecule has 0 atom stereocenters. The van der Waals surface area contributed by atoms with Crippen LogP contribution < -0.4 is 4.74 Å². The molecule has 4 heteroatoms. The van der Waals surface area contributed by atoms with Crippen molar-refractivity contribution < 1.29 is 13.5 Å². The average molecular weight is 328 g/mol. The normalized spacial score (nSPS) is 10.5.